The predicted octanol–water partition coefficient (Wildman–Crippen LogP) is 24.5. The van der Waals surface area contributed by atoms with E-state index in [1.165, 1.54) is 43.1 Å². The molecule has 0 bridgehead atoms. The van der Waals surface area contributed by atoms with Gasteiger partial charge in [-0.25, -0.2) is 0 Å². The molecule has 0 unspecified atom stereocenters. The third kappa shape index (κ3) is 8.32. The molecule has 0 fully saturated rings. The monoisotopic (exact) mass is 1320 g/mol. The summed E-state index contributed by atoms with van der Waals surface area (Å²) >= 11 is 0. The summed E-state index contributed by atoms with van der Waals surface area (Å²) in [6, 6.07) is 128. The normalized spacial score (nSPS) is 12.0. The van der Waals surface area contributed by atoms with Crippen molar-refractivity contribution in [1.82, 2.24) is 32.4 Å². The molecule has 15 aromatic carbocycles. The van der Waals surface area contributed by atoms with Crippen LogP contribution in [0.15, 0.2) is 352 Å². The van der Waals surface area contributed by atoms with E-state index in [1.807, 2.05) is 6.20 Å². The summed E-state index contributed by atoms with van der Waals surface area (Å²) in [6.45, 7) is 0. The van der Waals surface area contributed by atoms with Crippen LogP contribution in [0.5, 0.6) is 0 Å². The van der Waals surface area contributed by atoms with Gasteiger partial charge in [0.1, 0.15) is 11.6 Å². The van der Waals surface area contributed by atoms with E-state index in [1.54, 1.807) is 0 Å². The first-order chi connectivity index (χ1) is 51.6. The summed E-state index contributed by atoms with van der Waals surface area (Å²) < 4.78 is 14.4. The van der Waals surface area contributed by atoms with Gasteiger partial charge in [-0.1, -0.05) is 231 Å². The summed E-state index contributed by atoms with van der Waals surface area (Å²) in [5.41, 5.74) is 24.4. The van der Waals surface area contributed by atoms with Gasteiger partial charge in [0.2, 0.25) is 0 Å². The van der Waals surface area contributed by atoms with Gasteiger partial charge in [-0.15, -0.1) is 0 Å². The molecule has 482 valence electrons. The van der Waals surface area contributed by atoms with Crippen molar-refractivity contribution < 1.29 is 0 Å². The molecule has 7 heterocycles. The summed E-state index contributed by atoms with van der Waals surface area (Å²) in [4.78, 5) is 5.41. The molecule has 0 aliphatic heterocycles. The number of hydrogen-bond donors (Lipinski definition) is 0. The molecule has 22 aromatic rings. The number of nitriles is 1. The zero-order valence-corrected chi connectivity index (χ0v) is 56.1. The fraction of sp³-hybridized carbons (Fsp3) is 0. The Hall–Kier alpha value is -14.3. The third-order valence-electron chi connectivity index (χ3n) is 21.9. The van der Waals surface area contributed by atoms with Gasteiger partial charge in [-0.05, 0) is 132 Å². The van der Waals surface area contributed by atoms with Gasteiger partial charge < -0.3 is 27.4 Å². The molecule has 22 rings (SSSR count). The number of hydrogen-bond acceptors (Lipinski definition) is 2. The molecule has 0 saturated heterocycles. The lowest BCUT2D eigenvalue weighted by Crippen LogP contribution is -2.07. The standard InChI is InChI=1S/C96H58N8/c97-59-81-90(103-92-55-62(99-82-36-14-6-26-68(82)69-27-7-15-37-83(69)99)44-48-76(92)77-49-45-63(56-93(77)103)100-84-38-16-8-28-70(84)71-29-9-17-39-85(71)100)53-61(67-35-22-52-98-96(67)80-34-5-4-25-66(80)60-23-2-1-3-24-60)54-91(81)104-94-57-64(101-86-40-18-10-30-72(86)73-31-11-19-41-87(73)101)46-50-78(94)79-51-47-65(58-95(79)104)102-88-42-20-12-32-74(88)75-33-13-21-43-89(75)102/h1-58H. The van der Waals surface area contributed by atoms with Crippen molar-refractivity contribution in [2.75, 3.05) is 0 Å². The highest BCUT2D eigenvalue weighted by Gasteiger charge is 2.28. The summed E-state index contributed by atoms with van der Waals surface area (Å²) in [5, 5.41) is 26.6. The molecular weight excluding hydrogens is 1270 g/mol. The highest BCUT2D eigenvalue weighted by atomic mass is 15.1. The molecule has 0 N–H and O–H groups in total. The SMILES string of the molecule is N#Cc1c(-n2c3cc(-n4c5ccccc5c5ccccc54)ccc3c3ccc(-n4c5ccccc5c5ccccc54)cc32)cc(-c2cccnc2-c2ccccc2-c2ccccc2)cc1-n1c2cc(-n3c4ccccc4c4ccccc43)ccc2c2ccc(-n3c4ccccc4c4ccccc43)cc21. The maximum absolute atomic E-state index is 13.0. The van der Waals surface area contributed by atoms with Gasteiger partial charge in [0.25, 0.3) is 0 Å². The fourth-order valence-corrected chi connectivity index (χ4v) is 17.5. The van der Waals surface area contributed by atoms with Gasteiger partial charge >= 0.3 is 0 Å². The van der Waals surface area contributed by atoms with Crippen LogP contribution in [0.3, 0.4) is 0 Å². The topological polar surface area (TPSA) is 66.3 Å². The predicted molar refractivity (Wildman–Crippen MR) is 431 cm³/mol. The Morgan fingerprint density at radius 3 is 0.798 bits per heavy atom. The zero-order valence-electron chi connectivity index (χ0n) is 56.1. The molecule has 7 aromatic heterocycles. The van der Waals surface area contributed by atoms with Gasteiger partial charge in [0.05, 0.1) is 83.3 Å². The third-order valence-corrected chi connectivity index (χ3v) is 21.9. The second-order valence-corrected chi connectivity index (χ2v) is 27.3. The number of pyridine rings is 1. The van der Waals surface area contributed by atoms with Gasteiger partial charge in [0.15, 0.2) is 0 Å². The van der Waals surface area contributed by atoms with E-state index in [-0.39, 0.29) is 0 Å². The fourth-order valence-electron chi connectivity index (χ4n) is 17.5. The highest BCUT2D eigenvalue weighted by Crippen LogP contribution is 2.47. The van der Waals surface area contributed by atoms with Crippen molar-refractivity contribution in [3.63, 3.8) is 0 Å². The van der Waals surface area contributed by atoms with Crippen LogP contribution in [-0.2, 0) is 0 Å². The van der Waals surface area contributed by atoms with E-state index in [9.17, 15) is 5.26 Å². The Morgan fingerprint density at radius 2 is 0.481 bits per heavy atom. The van der Waals surface area contributed by atoms with Crippen molar-refractivity contribution in [3.8, 4) is 73.7 Å². The maximum atomic E-state index is 13.0. The molecule has 0 aliphatic carbocycles. The summed E-state index contributed by atoms with van der Waals surface area (Å²) in [6.07, 6.45) is 1.91. The molecule has 8 nitrogen and oxygen atoms in total. The van der Waals surface area contributed by atoms with Crippen molar-refractivity contribution in [1.29, 1.82) is 5.26 Å². The lowest BCUT2D eigenvalue weighted by Gasteiger charge is -2.20. The van der Waals surface area contributed by atoms with Crippen LogP contribution < -0.4 is 0 Å². The molecule has 0 saturated carbocycles. The minimum absolute atomic E-state index is 0.496. The molecule has 104 heavy (non-hydrogen) atoms. The second kappa shape index (κ2) is 22.4. The Bertz CT molecular complexity index is 6520. The van der Waals surface area contributed by atoms with Crippen LogP contribution in [0.4, 0.5) is 0 Å². The van der Waals surface area contributed by atoms with Crippen LogP contribution in [0.2, 0.25) is 0 Å². The number of fused-ring (bicyclic) bond motifs is 18. The van der Waals surface area contributed by atoms with E-state index >= 15 is 0 Å². The van der Waals surface area contributed by atoms with E-state index in [0.717, 1.165) is 155 Å². The summed E-state index contributed by atoms with van der Waals surface area (Å²) in [7, 11) is 0. The Kier molecular flexibility index (Phi) is 12.4. The molecule has 0 spiro atoms. The number of rotatable bonds is 9. The molecule has 0 radical (unpaired) electrons. The van der Waals surface area contributed by atoms with Crippen molar-refractivity contribution in [2.24, 2.45) is 0 Å². The Labute approximate surface area is 596 Å². The van der Waals surface area contributed by atoms with Crippen LogP contribution in [0.1, 0.15) is 5.56 Å². The number of para-hydroxylation sites is 8. The number of nitrogens with zero attached hydrogens (tertiary/aromatic N) is 8. The first-order valence-corrected chi connectivity index (χ1v) is 35.4. The Balaban J connectivity index is 0.907. The lowest BCUT2D eigenvalue weighted by atomic mass is 9.92. The minimum Gasteiger partial charge on any atom is -0.309 e. The maximum Gasteiger partial charge on any atom is 0.104 e. The van der Waals surface area contributed by atoms with Gasteiger partial charge in [0, 0.05) is 105 Å². The van der Waals surface area contributed by atoms with E-state index < -0.39 is 0 Å². The molecule has 0 amide bonds. The van der Waals surface area contributed by atoms with Crippen LogP contribution in [-0.4, -0.2) is 32.4 Å². The average molecular weight is 1320 g/mol. The average Bonchev–Trinajstić information content (AvgIpc) is 1.53. The lowest BCUT2D eigenvalue weighted by molar-refractivity contribution is 1.10. The molecule has 0 aliphatic rings. The van der Waals surface area contributed by atoms with Crippen molar-refractivity contribution in [2.45, 2.75) is 0 Å². The molecular formula is C96H58N8. The van der Waals surface area contributed by atoms with Crippen LogP contribution in [0, 0.1) is 11.3 Å². The molecule has 0 atom stereocenters. The van der Waals surface area contributed by atoms with Gasteiger partial charge in [-0.2, -0.15) is 5.26 Å². The van der Waals surface area contributed by atoms with Gasteiger partial charge in [-0.3, -0.25) is 4.98 Å². The smallest absolute Gasteiger partial charge is 0.104 e. The first-order valence-electron chi connectivity index (χ1n) is 35.4. The van der Waals surface area contributed by atoms with Crippen molar-refractivity contribution in [3.05, 3.63) is 358 Å². The van der Waals surface area contributed by atoms with Crippen molar-refractivity contribution >= 4 is 131 Å². The van der Waals surface area contributed by atoms with Crippen LogP contribution in [0.25, 0.3) is 198 Å². The van der Waals surface area contributed by atoms with Crippen LogP contribution >= 0.6 is 0 Å². The van der Waals surface area contributed by atoms with E-state index in [4.69, 9.17) is 4.98 Å². The highest BCUT2D eigenvalue weighted by molar-refractivity contribution is 6.17. The number of benzene rings is 15. The molecule has 8 heteroatoms. The number of aromatic nitrogens is 7. The quantitative estimate of drug-likeness (QED) is 0.145. The zero-order chi connectivity index (χ0) is 68.3. The van der Waals surface area contributed by atoms with E-state index in [0.29, 0.717) is 5.56 Å². The second-order valence-electron chi connectivity index (χ2n) is 27.3. The largest absolute Gasteiger partial charge is 0.309 e. The summed E-state index contributed by atoms with van der Waals surface area (Å²) in [5.74, 6) is 0. The minimum atomic E-state index is 0.496. The Morgan fingerprint density at radius 1 is 0.212 bits per heavy atom. The van der Waals surface area contributed by atoms with E-state index in [2.05, 4.69) is 379 Å². The first kappa shape index (κ1) is 57.6.